The number of rotatable bonds is 5. The van der Waals surface area contributed by atoms with Crippen LogP contribution in [0.4, 0.5) is 0 Å². The van der Waals surface area contributed by atoms with Crippen molar-refractivity contribution >= 4 is 23.2 Å². The summed E-state index contributed by atoms with van der Waals surface area (Å²) in [6.45, 7) is -0.649. The van der Waals surface area contributed by atoms with Crippen LogP contribution in [-0.2, 0) is 4.79 Å². The number of hydrogen-bond acceptors (Lipinski definition) is 5. The summed E-state index contributed by atoms with van der Waals surface area (Å²) in [5, 5.41) is 21.2. The number of aliphatic carboxylic acids is 1. The molecule has 1 atom stereocenters. The predicted octanol–water partition coefficient (Wildman–Crippen LogP) is -0.0680. The first kappa shape index (κ1) is 12.5. The molecule has 88 valence electrons. The zero-order valence-corrected chi connectivity index (χ0v) is 9.28. The fourth-order valence-electron chi connectivity index (χ4n) is 0.960. The van der Waals surface area contributed by atoms with E-state index in [2.05, 4.69) is 5.32 Å². The minimum atomic E-state index is -1.29. The van der Waals surface area contributed by atoms with Crippen LogP contribution in [-0.4, -0.2) is 41.8 Å². The molecule has 3 N–H and O–H groups in total. The highest BCUT2D eigenvalue weighted by Crippen LogP contribution is 2.20. The molecular formula is C9H11NO5S. The van der Waals surface area contributed by atoms with Crippen molar-refractivity contribution in [3.05, 3.63) is 16.3 Å². The van der Waals surface area contributed by atoms with E-state index in [4.69, 9.17) is 14.9 Å². The molecule has 0 radical (unpaired) electrons. The van der Waals surface area contributed by atoms with E-state index in [9.17, 15) is 9.59 Å². The third-order valence-corrected chi connectivity index (χ3v) is 2.73. The van der Waals surface area contributed by atoms with Crippen LogP contribution in [0, 0.1) is 0 Å². The standard InChI is InChI=1S/C9H11NO5S/c1-15-5-2-7(16-4-5)8(12)10-6(3-11)9(13)14/h2,4,6,11H,3H2,1H3,(H,10,12)(H,13,14). The second-order valence-corrected chi connectivity index (χ2v) is 3.81. The molecule has 1 unspecified atom stereocenters. The summed E-state index contributed by atoms with van der Waals surface area (Å²) in [7, 11) is 1.47. The minimum absolute atomic E-state index is 0.330. The fraction of sp³-hybridized carbons (Fsp3) is 0.333. The van der Waals surface area contributed by atoms with Gasteiger partial charge >= 0.3 is 5.97 Å². The van der Waals surface area contributed by atoms with Gasteiger partial charge in [0.05, 0.1) is 18.6 Å². The van der Waals surface area contributed by atoms with Crippen molar-refractivity contribution < 1.29 is 24.5 Å². The lowest BCUT2D eigenvalue weighted by atomic mass is 10.3. The Kier molecular flexibility index (Phi) is 4.27. The van der Waals surface area contributed by atoms with E-state index < -0.39 is 24.5 Å². The van der Waals surface area contributed by atoms with Gasteiger partial charge in [-0.25, -0.2) is 4.79 Å². The summed E-state index contributed by atoms with van der Waals surface area (Å²) in [5.74, 6) is -1.29. The number of carboxylic acid groups (broad SMARTS) is 1. The van der Waals surface area contributed by atoms with Crippen molar-refractivity contribution in [1.82, 2.24) is 5.32 Å². The number of carbonyl (C=O) groups is 2. The van der Waals surface area contributed by atoms with Gasteiger partial charge in [-0.15, -0.1) is 11.3 Å². The van der Waals surface area contributed by atoms with E-state index >= 15 is 0 Å². The number of aliphatic hydroxyl groups excluding tert-OH is 1. The molecular weight excluding hydrogens is 234 g/mol. The maximum absolute atomic E-state index is 11.5. The smallest absolute Gasteiger partial charge is 0.328 e. The van der Waals surface area contributed by atoms with Crippen LogP contribution in [0.3, 0.4) is 0 Å². The first-order valence-corrected chi connectivity index (χ1v) is 5.23. The molecule has 1 amide bonds. The SMILES string of the molecule is COc1csc(C(=O)NC(CO)C(=O)O)c1. The van der Waals surface area contributed by atoms with E-state index in [0.717, 1.165) is 11.3 Å². The van der Waals surface area contributed by atoms with Crippen molar-refractivity contribution in [2.24, 2.45) is 0 Å². The monoisotopic (exact) mass is 245 g/mol. The Hall–Kier alpha value is -1.60. The molecule has 0 saturated heterocycles. The van der Waals surface area contributed by atoms with Gasteiger partial charge in [-0.2, -0.15) is 0 Å². The molecule has 7 heteroatoms. The average Bonchev–Trinajstić information content (AvgIpc) is 2.73. The van der Waals surface area contributed by atoms with Crippen molar-refractivity contribution in [2.75, 3.05) is 13.7 Å². The summed E-state index contributed by atoms with van der Waals surface area (Å²) in [6.07, 6.45) is 0. The van der Waals surface area contributed by atoms with Crippen LogP contribution in [0.2, 0.25) is 0 Å². The Bertz CT molecular complexity index is 389. The molecule has 0 spiro atoms. The number of carboxylic acids is 1. The number of ether oxygens (including phenoxy) is 1. The molecule has 0 aliphatic rings. The second kappa shape index (κ2) is 5.47. The zero-order valence-electron chi connectivity index (χ0n) is 8.47. The van der Waals surface area contributed by atoms with Crippen molar-refractivity contribution in [2.45, 2.75) is 6.04 Å². The summed E-state index contributed by atoms with van der Waals surface area (Å²) in [4.78, 5) is 22.4. The van der Waals surface area contributed by atoms with E-state index in [1.165, 1.54) is 13.2 Å². The normalized spacial score (nSPS) is 11.9. The van der Waals surface area contributed by atoms with Gasteiger partial charge < -0.3 is 20.3 Å². The van der Waals surface area contributed by atoms with E-state index in [-0.39, 0.29) is 0 Å². The molecule has 0 saturated carbocycles. The number of hydrogen-bond donors (Lipinski definition) is 3. The molecule has 0 fully saturated rings. The summed E-state index contributed by atoms with van der Waals surface area (Å²) < 4.78 is 4.89. The summed E-state index contributed by atoms with van der Waals surface area (Å²) in [6, 6.07) is 0.205. The second-order valence-electron chi connectivity index (χ2n) is 2.90. The van der Waals surface area contributed by atoms with Crippen LogP contribution >= 0.6 is 11.3 Å². The van der Waals surface area contributed by atoms with Crippen LogP contribution in [0.1, 0.15) is 9.67 Å². The third-order valence-electron chi connectivity index (χ3n) is 1.82. The largest absolute Gasteiger partial charge is 0.496 e. The van der Waals surface area contributed by atoms with Gasteiger partial charge in [0.2, 0.25) is 0 Å². The molecule has 1 heterocycles. The lowest BCUT2D eigenvalue weighted by Crippen LogP contribution is -2.43. The van der Waals surface area contributed by atoms with E-state index in [0.29, 0.717) is 10.6 Å². The molecule has 0 bridgehead atoms. The maximum Gasteiger partial charge on any atom is 0.328 e. The Morgan fingerprint density at radius 3 is 2.75 bits per heavy atom. The van der Waals surface area contributed by atoms with Crippen LogP contribution in [0.15, 0.2) is 11.4 Å². The van der Waals surface area contributed by atoms with Gasteiger partial charge in [0.25, 0.3) is 5.91 Å². The number of methoxy groups -OCH3 is 1. The lowest BCUT2D eigenvalue weighted by molar-refractivity contribution is -0.140. The number of amides is 1. The Morgan fingerprint density at radius 1 is 1.62 bits per heavy atom. The summed E-state index contributed by atoms with van der Waals surface area (Å²) >= 11 is 1.13. The number of thiophene rings is 1. The summed E-state index contributed by atoms with van der Waals surface area (Å²) in [5.41, 5.74) is 0. The van der Waals surface area contributed by atoms with Crippen LogP contribution < -0.4 is 10.1 Å². The number of carbonyl (C=O) groups excluding carboxylic acids is 1. The molecule has 1 aromatic rings. The van der Waals surface area contributed by atoms with Gasteiger partial charge in [-0.3, -0.25) is 4.79 Å². The highest BCUT2D eigenvalue weighted by molar-refractivity contribution is 7.12. The molecule has 16 heavy (non-hydrogen) atoms. The quantitative estimate of drug-likeness (QED) is 0.675. The fourth-order valence-corrected chi connectivity index (χ4v) is 1.72. The van der Waals surface area contributed by atoms with Gasteiger partial charge in [-0.1, -0.05) is 0 Å². The van der Waals surface area contributed by atoms with Crippen molar-refractivity contribution in [3.8, 4) is 5.75 Å². The molecule has 1 rings (SSSR count). The average molecular weight is 245 g/mol. The highest BCUT2D eigenvalue weighted by atomic mass is 32.1. The van der Waals surface area contributed by atoms with Crippen LogP contribution in [0.25, 0.3) is 0 Å². The Balaban J connectivity index is 2.67. The predicted molar refractivity (Wildman–Crippen MR) is 56.8 cm³/mol. The van der Waals surface area contributed by atoms with Gasteiger partial charge in [0.15, 0.2) is 6.04 Å². The Labute approximate surface area is 95.5 Å². The molecule has 6 nitrogen and oxygen atoms in total. The Morgan fingerprint density at radius 2 is 2.31 bits per heavy atom. The zero-order chi connectivity index (χ0) is 12.1. The van der Waals surface area contributed by atoms with E-state index in [1.54, 1.807) is 5.38 Å². The topological polar surface area (TPSA) is 95.9 Å². The minimum Gasteiger partial charge on any atom is -0.496 e. The van der Waals surface area contributed by atoms with Crippen molar-refractivity contribution in [1.29, 1.82) is 0 Å². The van der Waals surface area contributed by atoms with Crippen molar-refractivity contribution in [3.63, 3.8) is 0 Å². The number of nitrogens with one attached hydrogen (secondary N) is 1. The van der Waals surface area contributed by atoms with Gasteiger partial charge in [0.1, 0.15) is 5.75 Å². The van der Waals surface area contributed by atoms with Gasteiger partial charge in [-0.05, 0) is 0 Å². The molecule has 1 aromatic heterocycles. The molecule has 0 aromatic carbocycles. The van der Waals surface area contributed by atoms with E-state index in [1.807, 2.05) is 0 Å². The van der Waals surface area contributed by atoms with Crippen LogP contribution in [0.5, 0.6) is 5.75 Å². The first-order chi connectivity index (χ1) is 7.58. The maximum atomic E-state index is 11.5. The molecule has 0 aliphatic heterocycles. The lowest BCUT2D eigenvalue weighted by Gasteiger charge is -2.10. The molecule has 0 aliphatic carbocycles. The third kappa shape index (κ3) is 2.94. The first-order valence-electron chi connectivity index (χ1n) is 4.35. The highest BCUT2D eigenvalue weighted by Gasteiger charge is 2.20. The van der Waals surface area contributed by atoms with Gasteiger partial charge in [0, 0.05) is 11.4 Å². The number of aliphatic hydroxyl groups is 1.